The van der Waals surface area contributed by atoms with Gasteiger partial charge in [0.05, 0.1) is 28.2 Å². The second-order valence-corrected chi connectivity index (χ2v) is 9.16. The van der Waals surface area contributed by atoms with Gasteiger partial charge in [-0.1, -0.05) is 30.1 Å². The van der Waals surface area contributed by atoms with Crippen molar-refractivity contribution in [2.75, 3.05) is 19.6 Å². The SMILES string of the molecule is CC1CCCN(C(=O)CCNC(=O)c2cnn(-c3ccc(Cl)cc3Cl)c2C2CC2)C1. The Balaban J connectivity index is 1.43. The van der Waals surface area contributed by atoms with E-state index in [1.54, 1.807) is 23.0 Å². The molecular formula is C22H26Cl2N4O2. The van der Waals surface area contributed by atoms with E-state index in [9.17, 15) is 9.59 Å². The zero-order valence-corrected chi connectivity index (χ0v) is 18.5. The summed E-state index contributed by atoms with van der Waals surface area (Å²) in [4.78, 5) is 27.2. The number of hydrogen-bond acceptors (Lipinski definition) is 3. The number of carbonyl (C=O) groups excluding carboxylic acids is 2. The Kier molecular flexibility index (Phi) is 6.34. The third kappa shape index (κ3) is 4.65. The number of nitrogens with zero attached hydrogens (tertiary/aromatic N) is 3. The van der Waals surface area contributed by atoms with Crippen molar-refractivity contribution in [2.24, 2.45) is 5.92 Å². The van der Waals surface area contributed by atoms with Gasteiger partial charge in [0, 0.05) is 37.0 Å². The van der Waals surface area contributed by atoms with Gasteiger partial charge in [-0.05, 0) is 49.8 Å². The number of halogens is 2. The molecule has 0 bridgehead atoms. The van der Waals surface area contributed by atoms with E-state index < -0.39 is 0 Å². The number of nitrogens with one attached hydrogen (secondary N) is 1. The Morgan fingerprint density at radius 2 is 2.03 bits per heavy atom. The largest absolute Gasteiger partial charge is 0.351 e. The number of carbonyl (C=O) groups is 2. The van der Waals surface area contributed by atoms with Gasteiger partial charge in [0.2, 0.25) is 5.91 Å². The first-order valence-electron chi connectivity index (χ1n) is 10.5. The highest BCUT2D eigenvalue weighted by molar-refractivity contribution is 6.35. The molecule has 1 aliphatic carbocycles. The third-order valence-electron chi connectivity index (χ3n) is 5.79. The summed E-state index contributed by atoms with van der Waals surface area (Å²) in [5, 5.41) is 8.37. The van der Waals surface area contributed by atoms with Crippen molar-refractivity contribution in [1.29, 1.82) is 0 Å². The fraction of sp³-hybridized carbons (Fsp3) is 0.500. The third-order valence-corrected chi connectivity index (χ3v) is 6.33. The van der Waals surface area contributed by atoms with Crippen LogP contribution in [0.4, 0.5) is 0 Å². The quantitative estimate of drug-likeness (QED) is 0.710. The molecule has 1 aromatic carbocycles. The maximum absolute atomic E-state index is 12.8. The van der Waals surface area contributed by atoms with Gasteiger partial charge < -0.3 is 10.2 Å². The van der Waals surface area contributed by atoms with Crippen molar-refractivity contribution in [3.63, 3.8) is 0 Å². The van der Waals surface area contributed by atoms with Crippen LogP contribution in [0, 0.1) is 5.92 Å². The summed E-state index contributed by atoms with van der Waals surface area (Å²) in [6.07, 6.45) is 6.16. The Bertz CT molecular complexity index is 955. The van der Waals surface area contributed by atoms with E-state index in [1.807, 2.05) is 11.0 Å². The first-order chi connectivity index (χ1) is 14.4. The molecule has 1 N–H and O–H groups in total. The van der Waals surface area contributed by atoms with Gasteiger partial charge in [-0.25, -0.2) is 4.68 Å². The van der Waals surface area contributed by atoms with Crippen molar-refractivity contribution >= 4 is 35.0 Å². The molecule has 1 unspecified atom stereocenters. The van der Waals surface area contributed by atoms with Crippen LogP contribution in [0.25, 0.3) is 5.69 Å². The van der Waals surface area contributed by atoms with Crippen molar-refractivity contribution in [3.05, 3.63) is 45.7 Å². The monoisotopic (exact) mass is 448 g/mol. The minimum absolute atomic E-state index is 0.105. The van der Waals surface area contributed by atoms with E-state index in [4.69, 9.17) is 23.2 Å². The predicted molar refractivity (Wildman–Crippen MR) is 117 cm³/mol. The van der Waals surface area contributed by atoms with Crippen LogP contribution in [0.5, 0.6) is 0 Å². The Hall–Kier alpha value is -2.05. The van der Waals surface area contributed by atoms with Gasteiger partial charge in [0.25, 0.3) is 5.91 Å². The second-order valence-electron chi connectivity index (χ2n) is 8.32. The molecule has 2 aliphatic rings. The topological polar surface area (TPSA) is 67.2 Å². The predicted octanol–water partition coefficient (Wildman–Crippen LogP) is 4.43. The summed E-state index contributed by atoms with van der Waals surface area (Å²) >= 11 is 12.4. The molecule has 1 aliphatic heterocycles. The number of aromatic nitrogens is 2. The average Bonchev–Trinajstić information content (AvgIpc) is 3.46. The minimum Gasteiger partial charge on any atom is -0.351 e. The van der Waals surface area contributed by atoms with Crippen LogP contribution in [0.3, 0.4) is 0 Å². The fourth-order valence-electron chi connectivity index (χ4n) is 4.08. The molecule has 2 amide bonds. The standard InChI is InChI=1S/C22H26Cl2N4O2/c1-14-3-2-10-27(13-14)20(29)8-9-25-22(30)17-12-26-28(21(17)15-4-5-15)19-7-6-16(23)11-18(19)24/h6-7,11-12,14-15H,2-5,8-10,13H2,1H3,(H,25,30). The zero-order valence-electron chi connectivity index (χ0n) is 17.0. The Labute approximate surface area is 186 Å². The van der Waals surface area contributed by atoms with Gasteiger partial charge in [0.1, 0.15) is 0 Å². The summed E-state index contributed by atoms with van der Waals surface area (Å²) in [7, 11) is 0. The average molecular weight is 449 g/mol. The molecule has 8 heteroatoms. The lowest BCUT2D eigenvalue weighted by molar-refractivity contribution is -0.132. The molecule has 0 radical (unpaired) electrons. The molecule has 1 aromatic heterocycles. The van der Waals surface area contributed by atoms with E-state index in [2.05, 4.69) is 17.3 Å². The first-order valence-corrected chi connectivity index (χ1v) is 11.3. The van der Waals surface area contributed by atoms with Crippen LogP contribution >= 0.6 is 23.2 Å². The minimum atomic E-state index is -0.201. The van der Waals surface area contributed by atoms with Crippen LogP contribution in [-0.2, 0) is 4.79 Å². The lowest BCUT2D eigenvalue weighted by Crippen LogP contribution is -2.40. The molecule has 6 nitrogen and oxygen atoms in total. The van der Waals surface area contributed by atoms with Crippen molar-refractivity contribution < 1.29 is 9.59 Å². The normalized spacial score (nSPS) is 19.0. The second kappa shape index (κ2) is 8.98. The molecule has 1 saturated heterocycles. The van der Waals surface area contributed by atoms with Gasteiger partial charge >= 0.3 is 0 Å². The number of likely N-dealkylation sites (tertiary alicyclic amines) is 1. The summed E-state index contributed by atoms with van der Waals surface area (Å²) in [5.74, 6) is 0.737. The highest BCUT2D eigenvalue weighted by Crippen LogP contribution is 2.43. The highest BCUT2D eigenvalue weighted by Gasteiger charge is 2.33. The van der Waals surface area contributed by atoms with Gasteiger partial charge in [-0.3, -0.25) is 9.59 Å². The van der Waals surface area contributed by atoms with Gasteiger partial charge in [0.15, 0.2) is 0 Å². The van der Waals surface area contributed by atoms with E-state index in [0.717, 1.165) is 38.0 Å². The molecule has 2 aromatic rings. The maximum atomic E-state index is 12.8. The molecule has 2 heterocycles. The van der Waals surface area contributed by atoms with Gasteiger partial charge in [-0.2, -0.15) is 5.10 Å². The lowest BCUT2D eigenvalue weighted by Gasteiger charge is -2.31. The molecule has 160 valence electrons. The number of piperidine rings is 1. The maximum Gasteiger partial charge on any atom is 0.254 e. The number of hydrogen-bond donors (Lipinski definition) is 1. The Morgan fingerprint density at radius 3 is 2.73 bits per heavy atom. The van der Waals surface area contributed by atoms with E-state index in [1.165, 1.54) is 6.42 Å². The number of benzene rings is 1. The van der Waals surface area contributed by atoms with Gasteiger partial charge in [-0.15, -0.1) is 0 Å². The summed E-state index contributed by atoms with van der Waals surface area (Å²) in [6.45, 7) is 4.12. The summed E-state index contributed by atoms with van der Waals surface area (Å²) in [5.41, 5.74) is 2.12. The molecule has 2 fully saturated rings. The molecule has 1 atom stereocenters. The number of amides is 2. The fourth-order valence-corrected chi connectivity index (χ4v) is 4.57. The Morgan fingerprint density at radius 1 is 1.23 bits per heavy atom. The van der Waals surface area contributed by atoms with Crippen molar-refractivity contribution in [2.45, 2.75) is 44.9 Å². The molecular weight excluding hydrogens is 423 g/mol. The molecule has 0 spiro atoms. The molecule has 1 saturated carbocycles. The summed E-state index contributed by atoms with van der Waals surface area (Å²) < 4.78 is 1.74. The number of rotatable bonds is 6. The van der Waals surface area contributed by atoms with E-state index in [0.29, 0.717) is 40.2 Å². The van der Waals surface area contributed by atoms with Crippen LogP contribution in [-0.4, -0.2) is 46.1 Å². The van der Waals surface area contributed by atoms with Crippen LogP contribution in [0.2, 0.25) is 10.0 Å². The van der Waals surface area contributed by atoms with Crippen LogP contribution in [0.15, 0.2) is 24.4 Å². The highest BCUT2D eigenvalue weighted by atomic mass is 35.5. The lowest BCUT2D eigenvalue weighted by atomic mass is 10.00. The van der Waals surface area contributed by atoms with Crippen molar-refractivity contribution in [3.8, 4) is 5.69 Å². The molecule has 30 heavy (non-hydrogen) atoms. The van der Waals surface area contributed by atoms with E-state index in [-0.39, 0.29) is 17.7 Å². The zero-order chi connectivity index (χ0) is 21.3. The van der Waals surface area contributed by atoms with Crippen LogP contribution in [0.1, 0.15) is 61.0 Å². The first kappa shape index (κ1) is 21.2. The molecule has 4 rings (SSSR count). The van der Waals surface area contributed by atoms with E-state index >= 15 is 0 Å². The summed E-state index contributed by atoms with van der Waals surface area (Å²) in [6, 6.07) is 5.24. The smallest absolute Gasteiger partial charge is 0.254 e. The van der Waals surface area contributed by atoms with Crippen molar-refractivity contribution in [1.82, 2.24) is 20.0 Å². The van der Waals surface area contributed by atoms with Crippen LogP contribution < -0.4 is 5.32 Å².